The van der Waals surface area contributed by atoms with E-state index in [1.54, 1.807) is 7.11 Å². The van der Waals surface area contributed by atoms with Gasteiger partial charge in [0.25, 0.3) is 0 Å². The standard InChI is InChI=1S/C16H25NO2/c1-4-5-15-12-19-9-8-17(15)11-14-6-7-16(18-3)10-13(14)2/h6-7,10,15H,4-5,8-9,11-12H2,1-3H3/t15-/m0/s1. The number of hydrogen-bond acceptors (Lipinski definition) is 3. The van der Waals surface area contributed by atoms with Gasteiger partial charge in [0.1, 0.15) is 5.75 Å². The van der Waals surface area contributed by atoms with Gasteiger partial charge in [0.15, 0.2) is 0 Å². The lowest BCUT2D eigenvalue weighted by Gasteiger charge is -2.35. The number of benzene rings is 1. The second kappa shape index (κ2) is 6.92. The molecule has 1 aliphatic heterocycles. The minimum Gasteiger partial charge on any atom is -0.497 e. The summed E-state index contributed by atoms with van der Waals surface area (Å²) in [6.45, 7) is 8.19. The third kappa shape index (κ3) is 3.71. The largest absolute Gasteiger partial charge is 0.497 e. The van der Waals surface area contributed by atoms with E-state index in [2.05, 4.69) is 36.9 Å². The summed E-state index contributed by atoms with van der Waals surface area (Å²) in [6.07, 6.45) is 2.43. The van der Waals surface area contributed by atoms with Gasteiger partial charge in [0, 0.05) is 19.1 Å². The average Bonchev–Trinajstić information content (AvgIpc) is 2.43. The molecule has 0 unspecified atom stereocenters. The van der Waals surface area contributed by atoms with Gasteiger partial charge in [-0.3, -0.25) is 4.90 Å². The van der Waals surface area contributed by atoms with Crippen molar-refractivity contribution >= 4 is 0 Å². The van der Waals surface area contributed by atoms with Crippen LogP contribution in [0.25, 0.3) is 0 Å². The molecule has 1 aliphatic rings. The van der Waals surface area contributed by atoms with Crippen LogP contribution in [-0.4, -0.2) is 37.8 Å². The van der Waals surface area contributed by atoms with Gasteiger partial charge in [-0.25, -0.2) is 0 Å². The second-order valence-corrected chi connectivity index (χ2v) is 5.28. The molecular weight excluding hydrogens is 238 g/mol. The van der Waals surface area contributed by atoms with Gasteiger partial charge in [-0.05, 0) is 36.6 Å². The molecule has 1 saturated heterocycles. The zero-order valence-electron chi connectivity index (χ0n) is 12.3. The minimum atomic E-state index is 0.570. The van der Waals surface area contributed by atoms with Crippen LogP contribution in [0, 0.1) is 6.92 Å². The maximum Gasteiger partial charge on any atom is 0.119 e. The lowest BCUT2D eigenvalue weighted by atomic mass is 10.0. The molecule has 0 bridgehead atoms. The topological polar surface area (TPSA) is 21.7 Å². The minimum absolute atomic E-state index is 0.570. The van der Waals surface area contributed by atoms with Gasteiger partial charge in [-0.15, -0.1) is 0 Å². The molecule has 0 radical (unpaired) electrons. The van der Waals surface area contributed by atoms with E-state index in [0.717, 1.165) is 32.1 Å². The predicted molar refractivity (Wildman–Crippen MR) is 77.7 cm³/mol. The Kier molecular flexibility index (Phi) is 5.23. The van der Waals surface area contributed by atoms with Crippen LogP contribution in [0.15, 0.2) is 18.2 Å². The van der Waals surface area contributed by atoms with Crippen LogP contribution in [0.5, 0.6) is 5.75 Å². The first-order valence-corrected chi connectivity index (χ1v) is 7.20. The van der Waals surface area contributed by atoms with E-state index in [-0.39, 0.29) is 0 Å². The van der Waals surface area contributed by atoms with E-state index in [4.69, 9.17) is 9.47 Å². The Morgan fingerprint density at radius 1 is 1.42 bits per heavy atom. The summed E-state index contributed by atoms with van der Waals surface area (Å²) in [4.78, 5) is 2.56. The molecule has 1 aromatic rings. The average molecular weight is 263 g/mol. The number of nitrogens with zero attached hydrogens (tertiary/aromatic N) is 1. The van der Waals surface area contributed by atoms with Gasteiger partial charge in [0.2, 0.25) is 0 Å². The van der Waals surface area contributed by atoms with Crippen LogP contribution >= 0.6 is 0 Å². The van der Waals surface area contributed by atoms with Crippen molar-refractivity contribution in [3.63, 3.8) is 0 Å². The summed E-state index contributed by atoms with van der Waals surface area (Å²) < 4.78 is 10.9. The number of hydrogen-bond donors (Lipinski definition) is 0. The normalized spacial score (nSPS) is 20.5. The lowest BCUT2D eigenvalue weighted by molar-refractivity contribution is -0.0147. The number of methoxy groups -OCH3 is 1. The SMILES string of the molecule is CCC[C@H]1COCCN1Cc1ccc(OC)cc1C. The maximum absolute atomic E-state index is 5.61. The van der Waals surface area contributed by atoms with Gasteiger partial charge in [0.05, 0.1) is 20.3 Å². The monoisotopic (exact) mass is 263 g/mol. The molecule has 0 amide bonds. The fraction of sp³-hybridized carbons (Fsp3) is 0.625. The Labute approximate surface area is 116 Å². The van der Waals surface area contributed by atoms with Crippen molar-refractivity contribution in [2.24, 2.45) is 0 Å². The van der Waals surface area contributed by atoms with Crippen LogP contribution in [0.2, 0.25) is 0 Å². The molecule has 0 saturated carbocycles. The van der Waals surface area contributed by atoms with Crippen molar-refractivity contribution in [3.05, 3.63) is 29.3 Å². The number of morpholine rings is 1. The summed E-state index contributed by atoms with van der Waals surface area (Å²) in [7, 11) is 1.72. The predicted octanol–water partition coefficient (Wildman–Crippen LogP) is 3.00. The van der Waals surface area contributed by atoms with E-state index >= 15 is 0 Å². The van der Waals surface area contributed by atoms with E-state index in [1.807, 2.05) is 0 Å². The molecule has 0 N–H and O–H groups in total. The van der Waals surface area contributed by atoms with Crippen molar-refractivity contribution in [1.29, 1.82) is 0 Å². The number of ether oxygens (including phenoxy) is 2. The quantitative estimate of drug-likeness (QED) is 0.815. The fourth-order valence-electron chi connectivity index (χ4n) is 2.69. The Hall–Kier alpha value is -1.06. The molecule has 1 atom stereocenters. The zero-order valence-corrected chi connectivity index (χ0v) is 12.3. The summed E-state index contributed by atoms with van der Waals surface area (Å²) in [6, 6.07) is 6.93. The van der Waals surface area contributed by atoms with Crippen LogP contribution in [0.3, 0.4) is 0 Å². The molecule has 0 aromatic heterocycles. The Balaban J connectivity index is 2.06. The third-order valence-electron chi connectivity index (χ3n) is 3.89. The smallest absolute Gasteiger partial charge is 0.119 e. The molecule has 1 aromatic carbocycles. The van der Waals surface area contributed by atoms with E-state index in [0.29, 0.717) is 6.04 Å². The van der Waals surface area contributed by atoms with Crippen molar-refractivity contribution in [2.45, 2.75) is 39.3 Å². The highest BCUT2D eigenvalue weighted by atomic mass is 16.5. The van der Waals surface area contributed by atoms with E-state index in [1.165, 1.54) is 24.0 Å². The molecule has 2 rings (SSSR count). The summed E-state index contributed by atoms with van der Waals surface area (Å²) >= 11 is 0. The first-order valence-electron chi connectivity index (χ1n) is 7.20. The van der Waals surface area contributed by atoms with Gasteiger partial charge in [-0.2, -0.15) is 0 Å². The summed E-state index contributed by atoms with van der Waals surface area (Å²) in [5, 5.41) is 0. The summed E-state index contributed by atoms with van der Waals surface area (Å²) in [5.74, 6) is 0.938. The molecule has 0 aliphatic carbocycles. The molecule has 19 heavy (non-hydrogen) atoms. The highest BCUT2D eigenvalue weighted by molar-refractivity contribution is 5.34. The molecule has 3 heteroatoms. The Bertz CT molecular complexity index is 404. The molecule has 0 spiro atoms. The van der Waals surface area contributed by atoms with Crippen LogP contribution in [0.1, 0.15) is 30.9 Å². The second-order valence-electron chi connectivity index (χ2n) is 5.28. The molecule has 1 heterocycles. The first-order chi connectivity index (χ1) is 9.24. The Morgan fingerprint density at radius 2 is 2.26 bits per heavy atom. The van der Waals surface area contributed by atoms with Gasteiger partial charge < -0.3 is 9.47 Å². The van der Waals surface area contributed by atoms with Crippen molar-refractivity contribution in [2.75, 3.05) is 26.9 Å². The zero-order chi connectivity index (χ0) is 13.7. The van der Waals surface area contributed by atoms with E-state index in [9.17, 15) is 0 Å². The maximum atomic E-state index is 5.61. The van der Waals surface area contributed by atoms with Crippen molar-refractivity contribution in [3.8, 4) is 5.75 Å². The van der Waals surface area contributed by atoms with Crippen LogP contribution in [0.4, 0.5) is 0 Å². The molecule has 106 valence electrons. The third-order valence-corrected chi connectivity index (χ3v) is 3.89. The van der Waals surface area contributed by atoms with Crippen LogP contribution < -0.4 is 4.74 Å². The van der Waals surface area contributed by atoms with Gasteiger partial charge >= 0.3 is 0 Å². The van der Waals surface area contributed by atoms with Crippen LogP contribution in [-0.2, 0) is 11.3 Å². The van der Waals surface area contributed by atoms with Crippen molar-refractivity contribution in [1.82, 2.24) is 4.90 Å². The summed E-state index contributed by atoms with van der Waals surface area (Å²) in [5.41, 5.74) is 2.70. The number of aryl methyl sites for hydroxylation is 1. The highest BCUT2D eigenvalue weighted by Crippen LogP contribution is 2.21. The molecular formula is C16H25NO2. The number of rotatable bonds is 5. The van der Waals surface area contributed by atoms with E-state index < -0.39 is 0 Å². The van der Waals surface area contributed by atoms with Crippen molar-refractivity contribution < 1.29 is 9.47 Å². The lowest BCUT2D eigenvalue weighted by Crippen LogP contribution is -2.44. The fourth-order valence-corrected chi connectivity index (χ4v) is 2.69. The van der Waals surface area contributed by atoms with Gasteiger partial charge in [-0.1, -0.05) is 19.4 Å². The highest BCUT2D eigenvalue weighted by Gasteiger charge is 2.22. The molecule has 1 fully saturated rings. The first kappa shape index (κ1) is 14.4. The Morgan fingerprint density at radius 3 is 2.95 bits per heavy atom. The molecule has 3 nitrogen and oxygen atoms in total.